The summed E-state index contributed by atoms with van der Waals surface area (Å²) in [5.41, 5.74) is 29.8. The summed E-state index contributed by atoms with van der Waals surface area (Å²) < 4.78 is 7.34. The number of para-hydroxylation sites is 6. The van der Waals surface area contributed by atoms with Gasteiger partial charge in [-0.15, -0.1) is 11.3 Å². The number of benzene rings is 21. The summed E-state index contributed by atoms with van der Waals surface area (Å²) in [6.45, 7) is 0. The van der Waals surface area contributed by atoms with Crippen molar-refractivity contribution < 1.29 is 0 Å². The Morgan fingerprint density at radius 2 is 0.488 bits per heavy atom. The lowest BCUT2D eigenvalue weighted by atomic mass is 9.98. The van der Waals surface area contributed by atoms with Crippen LogP contribution in [0.2, 0.25) is 0 Å². The molecule has 0 bridgehead atoms. The molecule has 21 aromatic carbocycles. The summed E-state index contributed by atoms with van der Waals surface area (Å²) in [4.78, 5) is 9.43. The topological polar surface area (TPSA) is 22.8 Å². The fourth-order valence-corrected chi connectivity index (χ4v) is 20.2. The van der Waals surface area contributed by atoms with E-state index in [0.717, 1.165) is 85.2 Å². The standard InChI is InChI=1S/C64H43N3S.C58H41N3/c1-3-14-44(15-4-1)46-26-34-54(35-27-46)67-60-23-11-9-20-56(60)57-41-31-49(43-62(57)67)47-28-32-52(33-29-47)66(61-24-13-22-59-58-21-10-12-25-63(58)68-64(59)61)53-39-37-51(38-40-53)65(50-18-5-2-6-19-50)55-36-30-45-16-7-8-17-48(45)42-55;1-4-17-46(18-5-1)59(49-32-27-42(28-33-49)45-31-40-56-55-24-12-13-26-57(55)61(58(56)41-45)48-21-8-3-9-22-48)51-36-38-52(39-37-51)60(47-19-6-2-7-20-47)50-34-29-44(30-35-50)54-25-14-16-43-15-10-11-23-53(43)54/h1-43H;1-41H. The third-order valence-corrected chi connectivity index (χ3v) is 26.3. The van der Waals surface area contributed by atoms with Crippen molar-refractivity contribution in [2.75, 3.05) is 19.6 Å². The van der Waals surface area contributed by atoms with Crippen LogP contribution in [0.15, 0.2) is 510 Å². The molecule has 24 rings (SSSR count). The van der Waals surface area contributed by atoms with E-state index in [-0.39, 0.29) is 0 Å². The molecule has 0 fully saturated rings. The van der Waals surface area contributed by atoms with E-state index in [2.05, 4.69) is 538 Å². The number of hydrogen-bond donors (Lipinski definition) is 0. The zero-order chi connectivity index (χ0) is 85.5. The average molecular weight is 1670 g/mol. The van der Waals surface area contributed by atoms with Gasteiger partial charge < -0.3 is 28.7 Å². The van der Waals surface area contributed by atoms with Crippen molar-refractivity contribution >= 4 is 165 Å². The van der Waals surface area contributed by atoms with Crippen molar-refractivity contribution in [1.82, 2.24) is 9.13 Å². The van der Waals surface area contributed by atoms with Crippen LogP contribution >= 0.6 is 11.3 Å². The molecule has 0 saturated carbocycles. The number of nitrogens with zero attached hydrogens (tertiary/aromatic N) is 6. The fourth-order valence-electron chi connectivity index (χ4n) is 19.0. The maximum Gasteiger partial charge on any atom is 0.0640 e. The lowest BCUT2D eigenvalue weighted by molar-refractivity contribution is 1.18. The second-order valence-corrected chi connectivity index (χ2v) is 33.8. The largest absolute Gasteiger partial charge is 0.311 e. The quantitative estimate of drug-likeness (QED) is 0.0854. The molecule has 0 N–H and O–H groups in total. The maximum absolute atomic E-state index is 2.42. The summed E-state index contributed by atoms with van der Waals surface area (Å²) in [6, 6.07) is 184. The Balaban J connectivity index is 0.000000148. The van der Waals surface area contributed by atoms with Crippen LogP contribution in [0.3, 0.4) is 0 Å². The Morgan fingerprint density at radius 1 is 0.163 bits per heavy atom. The molecule has 0 atom stereocenters. The van der Waals surface area contributed by atoms with E-state index in [1.165, 1.54) is 124 Å². The van der Waals surface area contributed by atoms with Crippen LogP contribution in [0, 0.1) is 0 Å². The van der Waals surface area contributed by atoms with E-state index >= 15 is 0 Å². The van der Waals surface area contributed by atoms with Gasteiger partial charge in [0.15, 0.2) is 0 Å². The van der Waals surface area contributed by atoms with Gasteiger partial charge in [0.25, 0.3) is 0 Å². The highest BCUT2D eigenvalue weighted by atomic mass is 32.1. The van der Waals surface area contributed by atoms with Crippen LogP contribution in [-0.2, 0) is 0 Å². The third kappa shape index (κ3) is 14.6. The van der Waals surface area contributed by atoms with E-state index in [0.29, 0.717) is 0 Å². The molecule has 6 nitrogen and oxygen atoms in total. The number of thiophene rings is 1. The minimum atomic E-state index is 1.08. The molecule has 0 aliphatic carbocycles. The Morgan fingerprint density at radius 3 is 1.01 bits per heavy atom. The monoisotopic (exact) mass is 1660 g/mol. The van der Waals surface area contributed by atoms with Crippen LogP contribution in [0.5, 0.6) is 0 Å². The van der Waals surface area contributed by atoms with Crippen molar-refractivity contribution in [2.45, 2.75) is 0 Å². The third-order valence-electron chi connectivity index (χ3n) is 25.1. The lowest BCUT2D eigenvalue weighted by Crippen LogP contribution is -2.12. The van der Waals surface area contributed by atoms with Gasteiger partial charge in [-0.05, 0) is 260 Å². The summed E-state index contributed by atoms with van der Waals surface area (Å²) in [6.07, 6.45) is 0. The molecule has 7 heteroatoms. The van der Waals surface area contributed by atoms with Crippen LogP contribution in [0.25, 0.3) is 141 Å². The molecular formula is C122H84N6S. The first-order valence-electron chi connectivity index (χ1n) is 44.0. The maximum atomic E-state index is 2.42. The number of rotatable bonds is 18. The van der Waals surface area contributed by atoms with E-state index < -0.39 is 0 Å². The Labute approximate surface area is 753 Å². The van der Waals surface area contributed by atoms with E-state index in [1.54, 1.807) is 0 Å². The van der Waals surface area contributed by atoms with Gasteiger partial charge in [0.2, 0.25) is 0 Å². The van der Waals surface area contributed by atoms with Gasteiger partial charge in [0.05, 0.1) is 32.5 Å². The predicted molar refractivity (Wildman–Crippen MR) is 550 cm³/mol. The predicted octanol–water partition coefficient (Wildman–Crippen LogP) is 34.8. The summed E-state index contributed by atoms with van der Waals surface area (Å²) in [5.74, 6) is 0. The van der Waals surface area contributed by atoms with Crippen molar-refractivity contribution in [2.24, 2.45) is 0 Å². The Hall–Kier alpha value is -16.8. The average Bonchev–Trinajstić information content (AvgIpc) is 1.43. The molecule has 0 spiro atoms. The van der Waals surface area contributed by atoms with Gasteiger partial charge in [-0.2, -0.15) is 0 Å². The minimum Gasteiger partial charge on any atom is -0.311 e. The van der Waals surface area contributed by atoms with Gasteiger partial charge in [0.1, 0.15) is 0 Å². The van der Waals surface area contributed by atoms with Crippen LogP contribution in [0.4, 0.5) is 68.2 Å². The molecule has 0 saturated heterocycles. The van der Waals surface area contributed by atoms with Gasteiger partial charge >= 0.3 is 0 Å². The van der Waals surface area contributed by atoms with Crippen LogP contribution in [-0.4, -0.2) is 9.13 Å². The highest BCUT2D eigenvalue weighted by molar-refractivity contribution is 7.26. The zero-order valence-electron chi connectivity index (χ0n) is 70.6. The first-order chi connectivity index (χ1) is 64.0. The Kier molecular flexibility index (Phi) is 20.1. The molecule has 0 unspecified atom stereocenters. The van der Waals surface area contributed by atoms with Gasteiger partial charge in [-0.1, -0.05) is 315 Å². The molecular weight excluding hydrogens is 1580 g/mol. The van der Waals surface area contributed by atoms with E-state index in [1.807, 2.05) is 11.3 Å². The first-order valence-corrected chi connectivity index (χ1v) is 44.8. The molecule has 0 amide bonds. The highest BCUT2D eigenvalue weighted by Crippen LogP contribution is 2.49. The van der Waals surface area contributed by atoms with E-state index in [4.69, 9.17) is 0 Å². The SMILES string of the molecule is c1ccc(-c2ccc(-n3c4ccccc4c4ccc(-c5ccc(N(c6ccc(N(c7ccccc7)c7ccc8ccccc8c7)cc6)c6cccc7c6sc6ccccc67)cc5)cc43)cc2)cc1.c1ccc(N(c2ccc(-c3ccc4c5ccccc5n(-c5ccccc5)c4c3)cc2)c2ccc(N(c3ccccc3)c3ccc(-c4cccc5ccccc45)cc3)cc2)cc1. The fraction of sp³-hybridized carbons (Fsp3) is 0. The first kappa shape index (κ1) is 77.0. The summed E-state index contributed by atoms with van der Waals surface area (Å²) in [5, 5.41) is 12.5. The molecule has 0 aliphatic heterocycles. The van der Waals surface area contributed by atoms with Gasteiger partial charge in [0, 0.05) is 111 Å². The smallest absolute Gasteiger partial charge is 0.0640 e. The number of aromatic nitrogens is 2. The van der Waals surface area contributed by atoms with Crippen LogP contribution < -0.4 is 19.6 Å². The van der Waals surface area contributed by atoms with Gasteiger partial charge in [-0.3, -0.25) is 0 Å². The highest BCUT2D eigenvalue weighted by Gasteiger charge is 2.24. The van der Waals surface area contributed by atoms with Crippen LogP contribution in [0.1, 0.15) is 0 Å². The number of anilines is 12. The molecule has 0 aliphatic rings. The molecule has 0 radical (unpaired) electrons. The van der Waals surface area contributed by atoms with E-state index in [9.17, 15) is 0 Å². The van der Waals surface area contributed by atoms with Gasteiger partial charge in [-0.25, -0.2) is 0 Å². The van der Waals surface area contributed by atoms with Crippen molar-refractivity contribution in [3.8, 4) is 55.9 Å². The zero-order valence-corrected chi connectivity index (χ0v) is 71.4. The molecule has 129 heavy (non-hydrogen) atoms. The Bertz CT molecular complexity index is 8180. The number of fused-ring (bicyclic) bond motifs is 11. The lowest BCUT2D eigenvalue weighted by Gasteiger charge is -2.29. The normalized spacial score (nSPS) is 11.4. The molecule has 3 aromatic heterocycles. The summed E-state index contributed by atoms with van der Waals surface area (Å²) in [7, 11) is 0. The molecule has 24 aromatic rings. The second kappa shape index (κ2) is 33.7. The van der Waals surface area contributed by atoms with Crippen molar-refractivity contribution in [1.29, 1.82) is 0 Å². The van der Waals surface area contributed by atoms with Crippen molar-refractivity contribution in [3.63, 3.8) is 0 Å². The number of hydrogen-bond acceptors (Lipinski definition) is 5. The van der Waals surface area contributed by atoms with Crippen molar-refractivity contribution in [3.05, 3.63) is 510 Å². The summed E-state index contributed by atoms with van der Waals surface area (Å²) >= 11 is 1.86. The molecule has 608 valence electrons. The minimum absolute atomic E-state index is 1.08. The second-order valence-electron chi connectivity index (χ2n) is 32.7. The molecule has 3 heterocycles.